The van der Waals surface area contributed by atoms with E-state index in [4.69, 9.17) is 5.73 Å². The molecule has 2 N–H and O–H groups in total. The predicted octanol–water partition coefficient (Wildman–Crippen LogP) is 2.32. The normalized spacial score (nSPS) is 20.9. The smallest absolute Gasteiger partial charge is 0.197 e. The maximum absolute atomic E-state index is 6.18. The van der Waals surface area contributed by atoms with Gasteiger partial charge in [-0.25, -0.2) is 4.99 Å². The number of hydrogen-bond donors (Lipinski definition) is 1. The van der Waals surface area contributed by atoms with Crippen LogP contribution in [0.5, 0.6) is 0 Å². The van der Waals surface area contributed by atoms with Crippen molar-refractivity contribution in [2.75, 3.05) is 13.1 Å². The van der Waals surface area contributed by atoms with Crippen LogP contribution in [0.1, 0.15) is 32.3 Å². The Labute approximate surface area is 121 Å². The first-order valence-electron chi connectivity index (χ1n) is 7.58. The number of guanidine groups is 1. The topological polar surface area (TPSA) is 44.9 Å². The lowest BCUT2D eigenvalue weighted by molar-refractivity contribution is 0.124. The van der Waals surface area contributed by atoms with Gasteiger partial charge in [-0.3, -0.25) is 0 Å². The van der Waals surface area contributed by atoms with Crippen LogP contribution in [0.4, 0.5) is 5.69 Å². The molecule has 0 atom stereocenters. The minimum atomic E-state index is 0.530. The lowest BCUT2D eigenvalue weighted by atomic mass is 10.0. The van der Waals surface area contributed by atoms with Crippen molar-refractivity contribution < 1.29 is 0 Å². The van der Waals surface area contributed by atoms with E-state index in [2.05, 4.69) is 40.8 Å². The Bertz CT molecular complexity index is 501. The molecule has 3 rings (SSSR count). The molecule has 0 unspecified atom stereocenters. The molecule has 1 aromatic rings. The lowest BCUT2D eigenvalue weighted by Crippen LogP contribution is -2.51. The third-order valence-corrected chi connectivity index (χ3v) is 4.53. The number of nitrogens with zero attached hydrogens (tertiary/aromatic N) is 3. The van der Waals surface area contributed by atoms with E-state index in [0.29, 0.717) is 18.0 Å². The van der Waals surface area contributed by atoms with E-state index in [0.717, 1.165) is 25.3 Å². The van der Waals surface area contributed by atoms with Crippen molar-refractivity contribution in [3.05, 3.63) is 29.8 Å². The monoisotopic (exact) mass is 272 g/mol. The fraction of sp³-hybridized carbons (Fsp3) is 0.562. The first-order chi connectivity index (χ1) is 9.65. The van der Waals surface area contributed by atoms with E-state index in [-0.39, 0.29) is 0 Å². The zero-order chi connectivity index (χ0) is 14.1. The Hall–Kier alpha value is -1.55. The zero-order valence-electron chi connectivity index (χ0n) is 12.4. The highest BCUT2D eigenvalue weighted by atomic mass is 15.3. The molecule has 1 fully saturated rings. The zero-order valence-corrected chi connectivity index (χ0v) is 12.4. The fourth-order valence-electron chi connectivity index (χ4n) is 3.24. The second kappa shape index (κ2) is 5.44. The summed E-state index contributed by atoms with van der Waals surface area (Å²) in [6.07, 6.45) is 2.35. The van der Waals surface area contributed by atoms with Crippen LogP contribution >= 0.6 is 0 Å². The van der Waals surface area contributed by atoms with Gasteiger partial charge in [-0.05, 0) is 38.3 Å². The number of para-hydroxylation sites is 1. The molecule has 4 nitrogen and oxygen atoms in total. The first-order valence-corrected chi connectivity index (χ1v) is 7.58. The van der Waals surface area contributed by atoms with Gasteiger partial charge >= 0.3 is 0 Å². The van der Waals surface area contributed by atoms with E-state index in [1.807, 2.05) is 12.1 Å². The van der Waals surface area contributed by atoms with E-state index in [1.54, 1.807) is 0 Å². The average Bonchev–Trinajstić information content (AvgIpc) is 2.46. The van der Waals surface area contributed by atoms with Crippen molar-refractivity contribution in [2.45, 2.75) is 45.3 Å². The third-order valence-electron chi connectivity index (χ3n) is 4.53. The Morgan fingerprint density at radius 1 is 1.20 bits per heavy atom. The van der Waals surface area contributed by atoms with Crippen molar-refractivity contribution >= 4 is 11.6 Å². The Balaban J connectivity index is 1.71. The molecule has 0 amide bonds. The summed E-state index contributed by atoms with van der Waals surface area (Å²) < 4.78 is 0. The standard InChI is InChI=1S/C16H24N4/c1-12(2)19-9-7-14(8-10-19)20-11-13-5-3-4-6-15(13)18-16(20)17/h3-6,12,14H,7-11H2,1-2H3,(H2,17,18). The Kier molecular flexibility index (Phi) is 3.66. The minimum Gasteiger partial charge on any atom is -0.369 e. The quantitative estimate of drug-likeness (QED) is 0.898. The summed E-state index contributed by atoms with van der Waals surface area (Å²) in [5, 5.41) is 0. The number of piperidine rings is 1. The lowest BCUT2D eigenvalue weighted by Gasteiger charge is -2.41. The predicted molar refractivity (Wildman–Crippen MR) is 83.0 cm³/mol. The van der Waals surface area contributed by atoms with Crippen molar-refractivity contribution in [3.63, 3.8) is 0 Å². The third kappa shape index (κ3) is 2.52. The van der Waals surface area contributed by atoms with Gasteiger partial charge in [0.05, 0.1) is 5.69 Å². The van der Waals surface area contributed by atoms with Gasteiger partial charge in [0, 0.05) is 31.7 Å². The Morgan fingerprint density at radius 2 is 1.90 bits per heavy atom. The molecule has 20 heavy (non-hydrogen) atoms. The van der Waals surface area contributed by atoms with Gasteiger partial charge in [-0.15, -0.1) is 0 Å². The van der Waals surface area contributed by atoms with Crippen LogP contribution in [-0.2, 0) is 6.54 Å². The summed E-state index contributed by atoms with van der Waals surface area (Å²) in [5.74, 6) is 0.687. The molecule has 0 spiro atoms. The number of fused-ring (bicyclic) bond motifs is 1. The first kappa shape index (κ1) is 13.4. The van der Waals surface area contributed by atoms with Crippen molar-refractivity contribution in [3.8, 4) is 0 Å². The van der Waals surface area contributed by atoms with Crippen LogP contribution < -0.4 is 5.73 Å². The van der Waals surface area contributed by atoms with E-state index < -0.39 is 0 Å². The molecule has 1 saturated heterocycles. The van der Waals surface area contributed by atoms with Crippen LogP contribution in [-0.4, -0.2) is 40.9 Å². The maximum Gasteiger partial charge on any atom is 0.197 e. The summed E-state index contributed by atoms with van der Waals surface area (Å²) in [6, 6.07) is 9.47. The molecule has 0 bridgehead atoms. The molecule has 0 aliphatic carbocycles. The molecule has 2 heterocycles. The van der Waals surface area contributed by atoms with Crippen LogP contribution in [0.25, 0.3) is 0 Å². The Morgan fingerprint density at radius 3 is 2.60 bits per heavy atom. The SMILES string of the molecule is CC(C)N1CCC(N2Cc3ccccc3N=C2N)CC1. The summed E-state index contributed by atoms with van der Waals surface area (Å²) in [6.45, 7) is 7.76. The number of rotatable bonds is 2. The van der Waals surface area contributed by atoms with Gasteiger partial charge < -0.3 is 15.5 Å². The molecule has 0 saturated carbocycles. The molecule has 4 heteroatoms. The summed E-state index contributed by atoms with van der Waals surface area (Å²) in [4.78, 5) is 9.40. The van der Waals surface area contributed by atoms with Gasteiger partial charge in [0.25, 0.3) is 0 Å². The highest BCUT2D eigenvalue weighted by Gasteiger charge is 2.29. The van der Waals surface area contributed by atoms with E-state index in [9.17, 15) is 0 Å². The van der Waals surface area contributed by atoms with Crippen LogP contribution in [0.2, 0.25) is 0 Å². The minimum absolute atomic E-state index is 0.530. The second-order valence-corrected chi connectivity index (χ2v) is 6.09. The average molecular weight is 272 g/mol. The molecule has 108 valence electrons. The van der Waals surface area contributed by atoms with Crippen molar-refractivity contribution in [2.24, 2.45) is 10.7 Å². The van der Waals surface area contributed by atoms with Gasteiger partial charge in [0.1, 0.15) is 0 Å². The van der Waals surface area contributed by atoms with Crippen LogP contribution in [0.15, 0.2) is 29.3 Å². The second-order valence-electron chi connectivity index (χ2n) is 6.09. The number of benzene rings is 1. The highest BCUT2D eigenvalue weighted by molar-refractivity contribution is 5.83. The van der Waals surface area contributed by atoms with Gasteiger partial charge in [0.15, 0.2) is 5.96 Å². The van der Waals surface area contributed by atoms with Crippen molar-refractivity contribution in [1.82, 2.24) is 9.80 Å². The highest BCUT2D eigenvalue weighted by Crippen LogP contribution is 2.28. The number of aliphatic imine (C=N–C) groups is 1. The molecule has 2 aliphatic rings. The fourth-order valence-corrected chi connectivity index (χ4v) is 3.24. The van der Waals surface area contributed by atoms with Crippen LogP contribution in [0, 0.1) is 0 Å². The maximum atomic E-state index is 6.18. The summed E-state index contributed by atoms with van der Waals surface area (Å²) in [5.41, 5.74) is 8.50. The number of likely N-dealkylation sites (tertiary alicyclic amines) is 1. The molecule has 0 radical (unpaired) electrons. The number of hydrogen-bond acceptors (Lipinski definition) is 4. The molecular weight excluding hydrogens is 248 g/mol. The van der Waals surface area contributed by atoms with Gasteiger partial charge in [0.2, 0.25) is 0 Å². The van der Waals surface area contributed by atoms with Crippen molar-refractivity contribution in [1.29, 1.82) is 0 Å². The summed E-state index contributed by atoms with van der Waals surface area (Å²) >= 11 is 0. The molecule has 1 aromatic carbocycles. The number of nitrogens with two attached hydrogens (primary N) is 1. The molecule has 0 aromatic heterocycles. The van der Waals surface area contributed by atoms with Gasteiger partial charge in [-0.2, -0.15) is 0 Å². The van der Waals surface area contributed by atoms with E-state index in [1.165, 1.54) is 18.4 Å². The van der Waals surface area contributed by atoms with Crippen LogP contribution in [0.3, 0.4) is 0 Å². The summed E-state index contributed by atoms with van der Waals surface area (Å²) in [7, 11) is 0. The van der Waals surface area contributed by atoms with E-state index >= 15 is 0 Å². The largest absolute Gasteiger partial charge is 0.369 e. The van der Waals surface area contributed by atoms with Gasteiger partial charge in [-0.1, -0.05) is 18.2 Å². The molecular formula is C16H24N4. The molecule has 2 aliphatic heterocycles.